The maximum atomic E-state index is 12.2. The van der Waals surface area contributed by atoms with Crippen molar-refractivity contribution in [3.8, 4) is 11.5 Å². The van der Waals surface area contributed by atoms with Crippen LogP contribution in [0.2, 0.25) is 0 Å². The second-order valence-corrected chi connectivity index (χ2v) is 7.67. The van der Waals surface area contributed by atoms with Crippen LogP contribution in [0.15, 0.2) is 50.6 Å². The van der Waals surface area contributed by atoms with Crippen LogP contribution in [0.1, 0.15) is 36.0 Å². The van der Waals surface area contributed by atoms with E-state index in [2.05, 4.69) is 47.6 Å². The van der Waals surface area contributed by atoms with Crippen LogP contribution >= 0.6 is 15.9 Å². The minimum Gasteiger partial charge on any atom is -0.494 e. The van der Waals surface area contributed by atoms with Crippen molar-refractivity contribution in [2.24, 2.45) is 0 Å². The molecule has 0 atom stereocenters. The van der Waals surface area contributed by atoms with Crippen LogP contribution in [-0.2, 0) is 24.1 Å². The number of ether oxygens (including phenoxy) is 2. The number of hydrogen-bond acceptors (Lipinski definition) is 3. The average Bonchev–Trinajstić information content (AvgIpc) is 2.71. The lowest BCUT2D eigenvalue weighted by Gasteiger charge is -2.40. The molecule has 1 aromatic rings. The lowest BCUT2D eigenvalue weighted by Crippen LogP contribution is -2.39. The van der Waals surface area contributed by atoms with Gasteiger partial charge in [0.05, 0.1) is 18.1 Å². The van der Waals surface area contributed by atoms with Crippen molar-refractivity contribution in [2.75, 3.05) is 17.8 Å². The Kier molecular flexibility index (Phi) is 8.32. The summed E-state index contributed by atoms with van der Waals surface area (Å²) in [6.07, 6.45) is 11.7. The summed E-state index contributed by atoms with van der Waals surface area (Å²) in [5, 5.41) is 3.21. The third kappa shape index (κ3) is 4.84. The molecule has 0 unspecified atom stereocenters. The zero-order valence-corrected chi connectivity index (χ0v) is 18.8. The summed E-state index contributed by atoms with van der Waals surface area (Å²) in [6.45, 7) is 15.6. The Morgan fingerprint density at radius 1 is 1.14 bits per heavy atom. The molecule has 0 spiro atoms. The number of methoxy groups -OCH3 is 1. The Bertz CT molecular complexity index is 803. The highest BCUT2D eigenvalue weighted by atomic mass is 79.9. The molecule has 1 N–H and O–H groups in total. The Morgan fingerprint density at radius 3 is 2.28 bits per heavy atom. The molecule has 0 bridgehead atoms. The van der Waals surface area contributed by atoms with Gasteiger partial charge in [-0.25, -0.2) is 0 Å². The molecule has 0 saturated carbocycles. The summed E-state index contributed by atoms with van der Waals surface area (Å²) in [7, 11) is 1.62. The van der Waals surface area contributed by atoms with E-state index in [1.807, 2.05) is 24.3 Å². The summed E-state index contributed by atoms with van der Waals surface area (Å²) in [5.74, 6) is 1.33. The number of fused-ring (bicyclic) bond motifs is 1. The van der Waals surface area contributed by atoms with Crippen LogP contribution in [0.25, 0.3) is 0 Å². The molecule has 0 saturated heterocycles. The van der Waals surface area contributed by atoms with Crippen LogP contribution in [-0.4, -0.2) is 23.9 Å². The predicted molar refractivity (Wildman–Crippen MR) is 125 cm³/mol. The van der Waals surface area contributed by atoms with E-state index in [1.165, 1.54) is 0 Å². The van der Waals surface area contributed by atoms with Gasteiger partial charge in [-0.3, -0.25) is 4.79 Å². The molecule has 0 fully saturated rings. The molecule has 0 aromatic heterocycles. The fourth-order valence-corrected chi connectivity index (χ4v) is 4.13. The van der Waals surface area contributed by atoms with E-state index in [-0.39, 0.29) is 16.8 Å². The third-order valence-corrected chi connectivity index (χ3v) is 5.69. The number of halogens is 1. The largest absolute Gasteiger partial charge is 0.494 e. The van der Waals surface area contributed by atoms with Crippen molar-refractivity contribution >= 4 is 27.5 Å². The predicted octanol–water partition coefficient (Wildman–Crippen LogP) is 5.70. The molecule has 5 heteroatoms. The van der Waals surface area contributed by atoms with Gasteiger partial charge in [0.15, 0.2) is 0 Å². The summed E-state index contributed by atoms with van der Waals surface area (Å²) in [5.41, 5.74) is 3.25. The zero-order valence-electron chi connectivity index (χ0n) is 17.2. The van der Waals surface area contributed by atoms with E-state index < -0.39 is 0 Å². The number of carbonyl (C=O) groups excluding carboxylic acids is 1. The number of amides is 1. The summed E-state index contributed by atoms with van der Waals surface area (Å²) in [6, 6.07) is 0. The van der Waals surface area contributed by atoms with E-state index in [0.717, 1.165) is 48.1 Å². The van der Waals surface area contributed by atoms with Gasteiger partial charge in [0.1, 0.15) is 17.1 Å². The van der Waals surface area contributed by atoms with Crippen LogP contribution in [0.5, 0.6) is 11.5 Å². The van der Waals surface area contributed by atoms with E-state index in [0.29, 0.717) is 24.3 Å². The van der Waals surface area contributed by atoms with Crippen LogP contribution in [0, 0.1) is 0 Å². The first-order valence-electron chi connectivity index (χ1n) is 9.73. The normalized spacial score (nSPS) is 14.1. The zero-order chi connectivity index (χ0) is 21.4. The molecule has 1 aromatic carbocycles. The van der Waals surface area contributed by atoms with Crippen molar-refractivity contribution in [1.29, 1.82) is 0 Å². The van der Waals surface area contributed by atoms with Gasteiger partial charge < -0.3 is 14.8 Å². The van der Waals surface area contributed by atoms with E-state index in [4.69, 9.17) is 9.47 Å². The highest BCUT2D eigenvalue weighted by Crippen LogP contribution is 2.49. The van der Waals surface area contributed by atoms with E-state index >= 15 is 0 Å². The third-order valence-electron chi connectivity index (χ3n) is 5.18. The summed E-state index contributed by atoms with van der Waals surface area (Å²) >= 11 is 3.23. The van der Waals surface area contributed by atoms with E-state index in [1.54, 1.807) is 7.11 Å². The second-order valence-electron chi connectivity index (χ2n) is 7.11. The van der Waals surface area contributed by atoms with Crippen molar-refractivity contribution in [3.05, 3.63) is 67.3 Å². The first kappa shape index (κ1) is 23.0. The molecule has 4 nitrogen and oxygen atoms in total. The number of carbonyl (C=O) groups is 1. The fraction of sp³-hybridized carbons (Fsp3) is 0.375. The fourth-order valence-electron chi connectivity index (χ4n) is 3.99. The number of nitrogens with one attached hydrogen (secondary N) is 1. The molecule has 156 valence electrons. The molecule has 1 amide bonds. The maximum Gasteiger partial charge on any atom is 0.235 e. The minimum atomic E-state index is -0.386. The molecule has 0 radical (unpaired) electrons. The van der Waals surface area contributed by atoms with Crippen LogP contribution < -0.4 is 14.8 Å². The highest BCUT2D eigenvalue weighted by Gasteiger charge is 2.38. The Balaban J connectivity index is 2.79. The van der Waals surface area contributed by atoms with Gasteiger partial charge in [0, 0.05) is 29.5 Å². The van der Waals surface area contributed by atoms with Crippen molar-refractivity contribution in [3.63, 3.8) is 0 Å². The number of rotatable bonds is 11. The first-order valence-corrected chi connectivity index (χ1v) is 10.9. The molecule has 29 heavy (non-hydrogen) atoms. The van der Waals surface area contributed by atoms with Gasteiger partial charge in [-0.05, 0) is 25.7 Å². The van der Waals surface area contributed by atoms with Gasteiger partial charge in [0.2, 0.25) is 5.91 Å². The molecule has 1 aliphatic rings. The number of alkyl halides is 1. The summed E-state index contributed by atoms with van der Waals surface area (Å²) in [4.78, 5) is 12.2. The molecular weight excluding hydrogens is 430 g/mol. The Hall–Kier alpha value is -2.27. The topological polar surface area (TPSA) is 47.6 Å². The van der Waals surface area contributed by atoms with Crippen molar-refractivity contribution in [1.82, 2.24) is 0 Å². The first-order chi connectivity index (χ1) is 14.0. The van der Waals surface area contributed by atoms with Gasteiger partial charge in [-0.1, -0.05) is 40.2 Å². The van der Waals surface area contributed by atoms with Crippen molar-refractivity contribution < 1.29 is 14.3 Å². The lowest BCUT2D eigenvalue weighted by atomic mass is 9.82. The molecule has 2 rings (SSSR count). The number of hydrogen-bond donors (Lipinski definition) is 1. The molecule has 1 aliphatic heterocycles. The monoisotopic (exact) mass is 459 g/mol. The maximum absolute atomic E-state index is 12.2. The van der Waals surface area contributed by atoms with Crippen LogP contribution in [0.3, 0.4) is 0 Å². The van der Waals surface area contributed by atoms with Gasteiger partial charge in [0.25, 0.3) is 0 Å². The minimum absolute atomic E-state index is 0.138. The second kappa shape index (κ2) is 10.5. The van der Waals surface area contributed by atoms with Crippen molar-refractivity contribution in [2.45, 2.75) is 44.1 Å². The van der Waals surface area contributed by atoms with Crippen LogP contribution in [0.4, 0.5) is 5.69 Å². The Morgan fingerprint density at radius 2 is 1.76 bits per heavy atom. The van der Waals surface area contributed by atoms with E-state index in [9.17, 15) is 4.79 Å². The van der Waals surface area contributed by atoms with Gasteiger partial charge >= 0.3 is 0 Å². The Labute approximate surface area is 182 Å². The molecular formula is C24H30BrNO3. The van der Waals surface area contributed by atoms with Gasteiger partial charge in [-0.2, -0.15) is 0 Å². The number of allylic oxidation sites excluding steroid dienone is 2. The van der Waals surface area contributed by atoms with Gasteiger partial charge in [-0.15, -0.1) is 26.3 Å². The molecule has 0 aliphatic carbocycles. The number of anilines is 1. The summed E-state index contributed by atoms with van der Waals surface area (Å²) < 4.78 is 12.5. The average molecular weight is 460 g/mol. The quantitative estimate of drug-likeness (QED) is 0.340. The lowest BCUT2D eigenvalue weighted by molar-refractivity contribution is -0.113. The highest BCUT2D eigenvalue weighted by molar-refractivity contribution is 9.09. The smallest absolute Gasteiger partial charge is 0.235 e. The number of benzene rings is 1. The standard InChI is InChI=1S/C24H30BrNO3/c1-6-10-17-18(11-7-2)23(28-5)21(26-20(27)16-25)19-12-15-24(13-8-3,14-9-4)29-22(17)19/h6-9H,1-4,10-16H2,5H3,(H,26,27). The molecule has 1 heterocycles. The SMILES string of the molecule is C=CCc1c(CC=C)c(OC)c(NC(=O)CBr)c2c1OC(CC=C)(CC=C)CC2.